The highest BCUT2D eigenvalue weighted by atomic mass is 19.1. The van der Waals surface area contributed by atoms with Gasteiger partial charge in [0.25, 0.3) is 5.84 Å². The highest BCUT2D eigenvalue weighted by Gasteiger charge is 2.48. The maximum absolute atomic E-state index is 15.3. The fourth-order valence-corrected chi connectivity index (χ4v) is 4.47. The lowest BCUT2D eigenvalue weighted by atomic mass is 9.79. The summed E-state index contributed by atoms with van der Waals surface area (Å²) in [6.45, 7) is 0. The number of amidine groups is 1. The second-order valence-electron chi connectivity index (χ2n) is 8.32. The quantitative estimate of drug-likeness (QED) is 0.494. The summed E-state index contributed by atoms with van der Waals surface area (Å²) < 4.78 is 15.1. The van der Waals surface area contributed by atoms with Crippen molar-refractivity contribution in [2.45, 2.75) is 18.9 Å². The van der Waals surface area contributed by atoms with Crippen LogP contribution in [0.15, 0.2) is 82.4 Å². The molecule has 3 N–H and O–H groups in total. The molecule has 1 aliphatic carbocycles. The van der Waals surface area contributed by atoms with E-state index >= 15 is 4.39 Å². The molecule has 2 aromatic heterocycles. The van der Waals surface area contributed by atoms with Gasteiger partial charge in [-0.15, -0.1) is 4.59 Å². The van der Waals surface area contributed by atoms with Crippen molar-refractivity contribution >= 4 is 23.0 Å². The summed E-state index contributed by atoms with van der Waals surface area (Å²) in [6, 6.07) is 12.4. The average Bonchev–Trinajstić information content (AvgIpc) is 3.09. The first kappa shape index (κ1) is 19.1. The summed E-state index contributed by atoms with van der Waals surface area (Å²) in [5.41, 5.74) is 3.82. The Morgan fingerprint density at radius 1 is 1.09 bits per heavy atom. The molecule has 2 aliphatic heterocycles. The van der Waals surface area contributed by atoms with Gasteiger partial charge >= 0.3 is 0 Å². The molecule has 7 nitrogen and oxygen atoms in total. The molecule has 3 aromatic rings. The number of nitrogens with two attached hydrogens (primary N) is 1. The van der Waals surface area contributed by atoms with E-state index in [1.165, 1.54) is 6.07 Å². The van der Waals surface area contributed by atoms with Crippen LogP contribution in [0, 0.1) is 11.7 Å². The van der Waals surface area contributed by atoms with E-state index in [0.29, 0.717) is 41.0 Å². The Bertz CT molecular complexity index is 1370. The second kappa shape index (κ2) is 6.96. The first-order valence-electron chi connectivity index (χ1n) is 10.5. The zero-order chi connectivity index (χ0) is 21.9. The smallest absolute Gasteiger partial charge is 0.267 e. The van der Waals surface area contributed by atoms with E-state index in [0.717, 1.165) is 11.4 Å². The van der Waals surface area contributed by atoms with E-state index in [9.17, 15) is 5.11 Å². The lowest BCUT2D eigenvalue weighted by Gasteiger charge is -2.31. The van der Waals surface area contributed by atoms with Crippen LogP contribution in [0.3, 0.4) is 0 Å². The molecule has 4 heterocycles. The number of halogens is 1. The van der Waals surface area contributed by atoms with Crippen molar-refractivity contribution in [2.24, 2.45) is 21.7 Å². The normalized spacial score (nSPS) is 26.3. The molecule has 1 atom stereocenters. The number of aromatic nitrogens is 2. The first-order chi connectivity index (χ1) is 15.5. The van der Waals surface area contributed by atoms with Crippen LogP contribution < -0.4 is 5.84 Å². The topological polar surface area (TPSA) is 96.8 Å². The van der Waals surface area contributed by atoms with E-state index in [4.69, 9.17) is 15.8 Å². The van der Waals surface area contributed by atoms with Gasteiger partial charge in [-0.2, -0.15) is 10.8 Å². The molecule has 1 aromatic carbocycles. The van der Waals surface area contributed by atoms with Gasteiger partial charge in [0, 0.05) is 17.5 Å². The van der Waals surface area contributed by atoms with Crippen molar-refractivity contribution in [1.29, 1.82) is 0 Å². The molecule has 6 rings (SSSR count). The highest BCUT2D eigenvalue weighted by Crippen LogP contribution is 2.42. The summed E-state index contributed by atoms with van der Waals surface area (Å²) >= 11 is 0. The molecule has 0 radical (unpaired) electrons. The van der Waals surface area contributed by atoms with Crippen LogP contribution in [-0.2, 0) is 0 Å². The lowest BCUT2D eigenvalue weighted by molar-refractivity contribution is -0.750. The van der Waals surface area contributed by atoms with Gasteiger partial charge < -0.3 is 5.11 Å². The van der Waals surface area contributed by atoms with Crippen LogP contribution in [0.5, 0.6) is 0 Å². The average molecular weight is 427 g/mol. The molecular formula is C24H20FN6O+. The third-order valence-corrected chi connectivity index (χ3v) is 6.27. The molecule has 0 saturated heterocycles. The van der Waals surface area contributed by atoms with Gasteiger partial charge in [-0.25, -0.2) is 9.37 Å². The van der Waals surface area contributed by atoms with Crippen molar-refractivity contribution < 1.29 is 14.1 Å². The maximum Gasteiger partial charge on any atom is 0.267 e. The van der Waals surface area contributed by atoms with Crippen LogP contribution in [0.4, 0.5) is 4.39 Å². The Balaban J connectivity index is 1.48. The van der Waals surface area contributed by atoms with Crippen LogP contribution in [0.1, 0.15) is 18.4 Å². The molecule has 0 spiro atoms. The molecule has 0 bridgehead atoms. The minimum atomic E-state index is -0.420. The van der Waals surface area contributed by atoms with Gasteiger partial charge in [-0.1, -0.05) is 12.1 Å². The van der Waals surface area contributed by atoms with E-state index in [1.54, 1.807) is 30.9 Å². The molecule has 3 aliphatic rings. The van der Waals surface area contributed by atoms with E-state index < -0.39 is 5.82 Å². The van der Waals surface area contributed by atoms with Crippen LogP contribution >= 0.6 is 0 Å². The van der Waals surface area contributed by atoms with Crippen LogP contribution in [0.2, 0.25) is 0 Å². The monoisotopic (exact) mass is 427 g/mol. The Morgan fingerprint density at radius 2 is 1.97 bits per heavy atom. The van der Waals surface area contributed by atoms with E-state index in [1.807, 2.05) is 30.3 Å². The first-order valence-corrected chi connectivity index (χ1v) is 10.5. The standard InChI is InChI=1S/C24H20FN6O/c25-18-11-14-4-5-20(19-3-1-2-6-28-19)29-21(14)12-17(18)24-30-23(15-9-16(32)10-15)22-13-27-7-8-31(22,24)26/h1-8,11-13,15-16,32H,9-10,26H2/q+1. The number of rotatable bonds is 3. The van der Waals surface area contributed by atoms with Gasteiger partial charge in [0.2, 0.25) is 5.70 Å². The number of fused-ring (bicyclic) bond motifs is 2. The SMILES string of the molecule is N[N+]12C=CN=CC1=C(C1CC(O)C1)N=C2c1cc2nc(-c3ccccn3)ccc2cc1F. The minimum absolute atomic E-state index is 0.0777. The van der Waals surface area contributed by atoms with Crippen molar-refractivity contribution in [3.63, 3.8) is 0 Å². The van der Waals surface area contributed by atoms with Crippen molar-refractivity contribution in [3.8, 4) is 11.4 Å². The van der Waals surface area contributed by atoms with Gasteiger partial charge in [0.15, 0.2) is 0 Å². The molecule has 0 amide bonds. The van der Waals surface area contributed by atoms with Crippen molar-refractivity contribution in [1.82, 2.24) is 9.97 Å². The maximum atomic E-state index is 15.3. The van der Waals surface area contributed by atoms with Gasteiger partial charge in [-0.05, 0) is 43.2 Å². The van der Waals surface area contributed by atoms with E-state index in [2.05, 4.69) is 9.98 Å². The molecule has 1 fully saturated rings. The van der Waals surface area contributed by atoms with Crippen LogP contribution in [-0.4, -0.2) is 37.8 Å². The number of nitrogens with zero attached hydrogens (tertiary/aromatic N) is 5. The molecule has 1 unspecified atom stereocenters. The lowest BCUT2D eigenvalue weighted by Crippen LogP contribution is -2.53. The summed E-state index contributed by atoms with van der Waals surface area (Å²) in [5.74, 6) is 6.76. The highest BCUT2D eigenvalue weighted by molar-refractivity contribution is 6.03. The fourth-order valence-electron chi connectivity index (χ4n) is 4.47. The number of hydrogen-bond donors (Lipinski definition) is 2. The number of aliphatic hydroxyl groups is 1. The largest absolute Gasteiger partial charge is 0.393 e. The summed E-state index contributed by atoms with van der Waals surface area (Å²) in [5, 5.41) is 10.5. The number of pyridine rings is 2. The van der Waals surface area contributed by atoms with Crippen molar-refractivity contribution in [2.75, 3.05) is 0 Å². The third kappa shape index (κ3) is 2.85. The number of aliphatic imine (C=N–C) groups is 2. The molecule has 32 heavy (non-hydrogen) atoms. The predicted molar refractivity (Wildman–Crippen MR) is 119 cm³/mol. The molecule has 8 heteroatoms. The fraction of sp³-hybridized carbons (Fsp3) is 0.167. The summed E-state index contributed by atoms with van der Waals surface area (Å²) in [7, 11) is 0. The Morgan fingerprint density at radius 3 is 2.75 bits per heavy atom. The predicted octanol–water partition coefficient (Wildman–Crippen LogP) is 3.42. The number of quaternary nitrogens is 1. The number of benzene rings is 1. The van der Waals surface area contributed by atoms with E-state index in [-0.39, 0.29) is 22.2 Å². The summed E-state index contributed by atoms with van der Waals surface area (Å²) in [4.78, 5) is 18.1. The Hall–Kier alpha value is -3.59. The zero-order valence-electron chi connectivity index (χ0n) is 17.1. The Labute approximate surface area is 183 Å². The number of aliphatic hydroxyl groups excluding tert-OH is 1. The summed E-state index contributed by atoms with van der Waals surface area (Å²) in [6.07, 6.45) is 7.56. The second-order valence-corrected chi connectivity index (χ2v) is 8.32. The third-order valence-electron chi connectivity index (χ3n) is 6.27. The molecular weight excluding hydrogens is 407 g/mol. The molecule has 158 valence electrons. The minimum Gasteiger partial charge on any atom is -0.393 e. The van der Waals surface area contributed by atoms with Gasteiger partial charge in [0.05, 0.1) is 41.0 Å². The van der Waals surface area contributed by atoms with Gasteiger partial charge in [0.1, 0.15) is 17.7 Å². The Kier molecular flexibility index (Phi) is 4.16. The number of hydrogen-bond acceptors (Lipinski definition) is 6. The number of allylic oxidation sites excluding steroid dienone is 2. The van der Waals surface area contributed by atoms with Crippen molar-refractivity contribution in [3.05, 3.63) is 83.8 Å². The van der Waals surface area contributed by atoms with Gasteiger partial charge in [-0.3, -0.25) is 9.98 Å². The zero-order valence-corrected chi connectivity index (χ0v) is 17.1. The van der Waals surface area contributed by atoms with Crippen LogP contribution in [0.25, 0.3) is 22.3 Å². The molecule has 1 saturated carbocycles.